The van der Waals surface area contributed by atoms with Gasteiger partial charge in [-0.2, -0.15) is 0 Å². The molecule has 102 valence electrons. The molecular formula is C16H16N2O2. The summed E-state index contributed by atoms with van der Waals surface area (Å²) in [6.07, 6.45) is 4.19. The van der Waals surface area contributed by atoms with E-state index in [2.05, 4.69) is 18.0 Å². The van der Waals surface area contributed by atoms with Gasteiger partial charge in [-0.05, 0) is 37.1 Å². The number of anilines is 1. The lowest BCUT2D eigenvalue weighted by Crippen LogP contribution is -2.33. The van der Waals surface area contributed by atoms with Crippen LogP contribution in [0, 0.1) is 6.92 Å². The summed E-state index contributed by atoms with van der Waals surface area (Å²) >= 11 is 0. The molecule has 0 saturated carbocycles. The first-order chi connectivity index (χ1) is 9.74. The number of nitrogens with zero attached hydrogens (tertiary/aromatic N) is 2. The maximum atomic E-state index is 12.2. The van der Waals surface area contributed by atoms with E-state index in [1.807, 2.05) is 12.1 Å². The van der Waals surface area contributed by atoms with Crippen LogP contribution in [0.5, 0.6) is 5.75 Å². The predicted molar refractivity (Wildman–Crippen MR) is 77.0 cm³/mol. The molecule has 2 aromatic rings. The van der Waals surface area contributed by atoms with Gasteiger partial charge in [-0.15, -0.1) is 0 Å². The van der Waals surface area contributed by atoms with Crippen LogP contribution < -0.4 is 9.64 Å². The Morgan fingerprint density at radius 1 is 1.40 bits per heavy atom. The summed E-state index contributed by atoms with van der Waals surface area (Å²) in [5.74, 6) is 0.598. The third-order valence-corrected chi connectivity index (χ3v) is 3.43. The van der Waals surface area contributed by atoms with E-state index in [9.17, 15) is 4.79 Å². The molecule has 0 atom stereocenters. The molecule has 1 aliphatic rings. The second-order valence-electron chi connectivity index (χ2n) is 4.90. The molecule has 2 heterocycles. The number of aryl methyl sites for hydroxylation is 1. The third kappa shape index (κ3) is 2.50. The smallest absolute Gasteiger partial charge is 0.264 e. The van der Waals surface area contributed by atoms with E-state index in [1.54, 1.807) is 29.4 Å². The van der Waals surface area contributed by atoms with Gasteiger partial charge in [0.05, 0.1) is 6.20 Å². The van der Waals surface area contributed by atoms with Crippen molar-refractivity contribution in [2.24, 2.45) is 0 Å². The van der Waals surface area contributed by atoms with Crippen LogP contribution >= 0.6 is 0 Å². The Bertz CT molecular complexity index is 626. The largest absolute Gasteiger partial charge is 0.482 e. The van der Waals surface area contributed by atoms with Gasteiger partial charge in [0, 0.05) is 18.4 Å². The number of amides is 1. The number of hydrogen-bond acceptors (Lipinski definition) is 3. The summed E-state index contributed by atoms with van der Waals surface area (Å²) in [6, 6.07) is 9.77. The van der Waals surface area contributed by atoms with Crippen LogP contribution in [0.1, 0.15) is 11.1 Å². The number of hydrogen-bond donors (Lipinski definition) is 0. The summed E-state index contributed by atoms with van der Waals surface area (Å²) in [4.78, 5) is 18.0. The fraction of sp³-hybridized carbons (Fsp3) is 0.250. The summed E-state index contributed by atoms with van der Waals surface area (Å²) in [5, 5.41) is 0. The molecule has 0 spiro atoms. The van der Waals surface area contributed by atoms with Crippen LogP contribution in [0.25, 0.3) is 0 Å². The minimum absolute atomic E-state index is 0.0172. The van der Waals surface area contributed by atoms with Crippen molar-refractivity contribution in [2.45, 2.75) is 13.3 Å². The molecule has 4 heteroatoms. The highest BCUT2D eigenvalue weighted by molar-refractivity contribution is 5.96. The normalized spacial score (nSPS) is 13.2. The number of carbonyl (C=O) groups is 1. The summed E-state index contributed by atoms with van der Waals surface area (Å²) in [7, 11) is 0. The van der Waals surface area contributed by atoms with Crippen LogP contribution in [0.2, 0.25) is 0 Å². The highest BCUT2D eigenvalue weighted by Gasteiger charge is 2.24. The van der Waals surface area contributed by atoms with Gasteiger partial charge >= 0.3 is 0 Å². The molecule has 0 radical (unpaired) electrons. The van der Waals surface area contributed by atoms with E-state index >= 15 is 0 Å². The first-order valence-corrected chi connectivity index (χ1v) is 6.67. The molecule has 20 heavy (non-hydrogen) atoms. The van der Waals surface area contributed by atoms with Crippen molar-refractivity contribution in [3.05, 3.63) is 53.9 Å². The summed E-state index contributed by atoms with van der Waals surface area (Å²) in [6.45, 7) is 2.84. The molecular weight excluding hydrogens is 252 g/mol. The van der Waals surface area contributed by atoms with E-state index in [4.69, 9.17) is 4.74 Å². The Kier molecular flexibility index (Phi) is 3.37. The van der Waals surface area contributed by atoms with Crippen LogP contribution in [-0.4, -0.2) is 24.0 Å². The lowest BCUT2D eigenvalue weighted by molar-refractivity contribution is -0.120. The lowest BCUT2D eigenvalue weighted by atomic mass is 10.1. The molecule has 1 aliphatic heterocycles. The maximum Gasteiger partial charge on any atom is 0.264 e. The quantitative estimate of drug-likeness (QED) is 0.858. The van der Waals surface area contributed by atoms with Gasteiger partial charge < -0.3 is 9.64 Å². The molecule has 3 rings (SSSR count). The SMILES string of the molecule is Cc1ccc2c(c1)CCN2C(=O)COc1cccnc1. The zero-order valence-electron chi connectivity index (χ0n) is 11.4. The Morgan fingerprint density at radius 3 is 3.10 bits per heavy atom. The van der Waals surface area contributed by atoms with Crippen molar-refractivity contribution in [1.82, 2.24) is 4.98 Å². The fourth-order valence-electron chi connectivity index (χ4n) is 2.45. The predicted octanol–water partition coefficient (Wildman–Crippen LogP) is 2.36. The van der Waals surface area contributed by atoms with Gasteiger partial charge in [-0.25, -0.2) is 0 Å². The topological polar surface area (TPSA) is 42.4 Å². The minimum Gasteiger partial charge on any atom is -0.482 e. The number of aromatic nitrogens is 1. The zero-order valence-corrected chi connectivity index (χ0v) is 11.4. The Morgan fingerprint density at radius 2 is 2.30 bits per heavy atom. The van der Waals surface area contributed by atoms with Crippen LogP contribution in [0.3, 0.4) is 0 Å². The molecule has 0 fully saturated rings. The Balaban J connectivity index is 1.68. The fourth-order valence-corrected chi connectivity index (χ4v) is 2.45. The van der Waals surface area contributed by atoms with Gasteiger partial charge in [0.15, 0.2) is 6.61 Å². The van der Waals surface area contributed by atoms with Crippen molar-refractivity contribution in [2.75, 3.05) is 18.1 Å². The monoisotopic (exact) mass is 268 g/mol. The highest BCUT2D eigenvalue weighted by Crippen LogP contribution is 2.28. The third-order valence-electron chi connectivity index (χ3n) is 3.43. The first-order valence-electron chi connectivity index (χ1n) is 6.67. The maximum absolute atomic E-state index is 12.2. The number of carbonyl (C=O) groups excluding carboxylic acids is 1. The Labute approximate surface area is 118 Å². The standard InChI is InChI=1S/C16H16N2O2/c1-12-4-5-15-13(9-12)6-8-18(15)16(19)11-20-14-3-2-7-17-10-14/h2-5,7,9-10H,6,8,11H2,1H3. The van der Waals surface area contributed by atoms with Crippen LogP contribution in [0.4, 0.5) is 5.69 Å². The van der Waals surface area contributed by atoms with E-state index in [-0.39, 0.29) is 12.5 Å². The minimum atomic E-state index is -0.0172. The van der Waals surface area contributed by atoms with Gasteiger partial charge in [0.2, 0.25) is 0 Å². The molecule has 0 N–H and O–H groups in total. The van der Waals surface area contributed by atoms with Gasteiger partial charge in [-0.1, -0.05) is 17.7 Å². The number of ether oxygens (including phenoxy) is 1. The van der Waals surface area contributed by atoms with E-state index in [0.717, 1.165) is 18.7 Å². The summed E-state index contributed by atoms with van der Waals surface area (Å²) < 4.78 is 5.47. The molecule has 1 aromatic heterocycles. The molecule has 0 unspecified atom stereocenters. The lowest BCUT2D eigenvalue weighted by Gasteiger charge is -2.17. The van der Waals surface area contributed by atoms with Crippen molar-refractivity contribution in [3.8, 4) is 5.75 Å². The number of fused-ring (bicyclic) bond motifs is 1. The highest BCUT2D eigenvalue weighted by atomic mass is 16.5. The van der Waals surface area contributed by atoms with Gasteiger partial charge in [0.25, 0.3) is 5.91 Å². The first kappa shape index (κ1) is 12.7. The van der Waals surface area contributed by atoms with Crippen LogP contribution in [0.15, 0.2) is 42.7 Å². The number of rotatable bonds is 3. The average Bonchev–Trinajstić information content (AvgIpc) is 2.89. The molecule has 1 aromatic carbocycles. The van der Waals surface area contributed by atoms with E-state index in [0.29, 0.717) is 5.75 Å². The molecule has 0 aliphatic carbocycles. The average molecular weight is 268 g/mol. The molecule has 1 amide bonds. The zero-order chi connectivity index (χ0) is 13.9. The van der Waals surface area contributed by atoms with Gasteiger partial charge in [0.1, 0.15) is 5.75 Å². The van der Waals surface area contributed by atoms with Crippen molar-refractivity contribution >= 4 is 11.6 Å². The Hall–Kier alpha value is -2.36. The van der Waals surface area contributed by atoms with E-state index < -0.39 is 0 Å². The second kappa shape index (κ2) is 5.33. The van der Waals surface area contributed by atoms with E-state index in [1.165, 1.54) is 11.1 Å². The summed E-state index contributed by atoms with van der Waals surface area (Å²) in [5.41, 5.74) is 3.47. The molecule has 4 nitrogen and oxygen atoms in total. The van der Waals surface area contributed by atoms with Crippen molar-refractivity contribution < 1.29 is 9.53 Å². The second-order valence-corrected chi connectivity index (χ2v) is 4.90. The number of pyridine rings is 1. The number of benzene rings is 1. The van der Waals surface area contributed by atoms with Gasteiger partial charge in [-0.3, -0.25) is 9.78 Å². The van der Waals surface area contributed by atoms with Crippen molar-refractivity contribution in [3.63, 3.8) is 0 Å². The molecule has 0 saturated heterocycles. The van der Waals surface area contributed by atoms with Crippen molar-refractivity contribution in [1.29, 1.82) is 0 Å². The van der Waals surface area contributed by atoms with Crippen LogP contribution in [-0.2, 0) is 11.2 Å². The molecule has 0 bridgehead atoms.